The minimum atomic E-state index is -0.443. The first-order chi connectivity index (χ1) is 14.1. The lowest BCUT2D eigenvalue weighted by Crippen LogP contribution is -2.28. The van der Waals surface area contributed by atoms with Crippen molar-refractivity contribution in [1.29, 1.82) is 0 Å². The summed E-state index contributed by atoms with van der Waals surface area (Å²) in [5, 5.41) is 2.70. The van der Waals surface area contributed by atoms with Crippen molar-refractivity contribution in [2.75, 3.05) is 27.1 Å². The van der Waals surface area contributed by atoms with Crippen LogP contribution in [0.1, 0.15) is 18.4 Å². The highest BCUT2D eigenvalue weighted by molar-refractivity contribution is 5.80. The minimum absolute atomic E-state index is 0.172. The van der Waals surface area contributed by atoms with Gasteiger partial charge in [0, 0.05) is 13.0 Å². The molecule has 2 aromatic rings. The molecule has 0 unspecified atom stereocenters. The Bertz CT molecular complexity index is 835. The number of methoxy groups -OCH3 is 1. The van der Waals surface area contributed by atoms with E-state index in [-0.39, 0.29) is 25.7 Å². The van der Waals surface area contributed by atoms with Crippen LogP contribution in [0.4, 0.5) is 0 Å². The molecule has 0 aliphatic carbocycles. The van der Waals surface area contributed by atoms with Crippen LogP contribution in [0.15, 0.2) is 42.5 Å². The number of hydrogen-bond donors (Lipinski definition) is 1. The molecule has 1 amide bonds. The summed E-state index contributed by atoms with van der Waals surface area (Å²) in [6.07, 6.45) is 0.662. The standard InChI is InChI=1S/C21H23NO7/c1-25-16-5-7-17(8-6-16)26-10-2-3-21(24)27-13-20(23)22-12-15-4-9-18-19(11-15)29-14-28-18/h4-9,11H,2-3,10,12-14H2,1H3,(H,22,23). The number of ether oxygens (including phenoxy) is 5. The van der Waals surface area contributed by atoms with Crippen LogP contribution in [0, 0.1) is 0 Å². The highest BCUT2D eigenvalue weighted by atomic mass is 16.7. The van der Waals surface area contributed by atoms with Crippen molar-refractivity contribution in [3.63, 3.8) is 0 Å². The average Bonchev–Trinajstić information content (AvgIpc) is 3.22. The molecule has 0 radical (unpaired) electrons. The van der Waals surface area contributed by atoms with Crippen molar-refractivity contribution in [2.45, 2.75) is 19.4 Å². The van der Waals surface area contributed by atoms with E-state index in [1.807, 2.05) is 6.07 Å². The van der Waals surface area contributed by atoms with Crippen LogP contribution in [-0.2, 0) is 20.9 Å². The molecular formula is C21H23NO7. The van der Waals surface area contributed by atoms with Gasteiger partial charge in [-0.3, -0.25) is 9.59 Å². The fourth-order valence-corrected chi connectivity index (χ4v) is 2.60. The van der Waals surface area contributed by atoms with Crippen molar-refractivity contribution in [1.82, 2.24) is 5.32 Å². The van der Waals surface area contributed by atoms with Crippen molar-refractivity contribution >= 4 is 11.9 Å². The van der Waals surface area contributed by atoms with Gasteiger partial charge in [0.15, 0.2) is 18.1 Å². The van der Waals surface area contributed by atoms with Crippen LogP contribution in [0.2, 0.25) is 0 Å². The molecule has 1 heterocycles. The van der Waals surface area contributed by atoms with Crippen LogP contribution in [0.25, 0.3) is 0 Å². The number of carbonyl (C=O) groups excluding carboxylic acids is 2. The summed E-state index contributed by atoms with van der Waals surface area (Å²) < 4.78 is 26.1. The molecule has 0 saturated heterocycles. The van der Waals surface area contributed by atoms with Gasteiger partial charge in [-0.1, -0.05) is 6.07 Å². The van der Waals surface area contributed by atoms with E-state index in [1.54, 1.807) is 43.5 Å². The van der Waals surface area contributed by atoms with Gasteiger partial charge in [-0.2, -0.15) is 0 Å². The number of fused-ring (bicyclic) bond motifs is 1. The van der Waals surface area contributed by atoms with E-state index in [4.69, 9.17) is 23.7 Å². The van der Waals surface area contributed by atoms with Crippen LogP contribution in [-0.4, -0.2) is 39.0 Å². The Kier molecular flexibility index (Phi) is 7.16. The quantitative estimate of drug-likeness (QED) is 0.483. The van der Waals surface area contributed by atoms with Crippen LogP contribution in [0.3, 0.4) is 0 Å². The third kappa shape index (κ3) is 6.31. The van der Waals surface area contributed by atoms with Gasteiger partial charge >= 0.3 is 5.97 Å². The van der Waals surface area contributed by atoms with E-state index >= 15 is 0 Å². The van der Waals surface area contributed by atoms with E-state index < -0.39 is 5.97 Å². The number of hydrogen-bond acceptors (Lipinski definition) is 7. The lowest BCUT2D eigenvalue weighted by atomic mass is 10.2. The molecule has 0 bridgehead atoms. The first-order valence-corrected chi connectivity index (χ1v) is 9.22. The molecule has 1 N–H and O–H groups in total. The van der Waals surface area contributed by atoms with E-state index in [0.29, 0.717) is 36.8 Å². The number of benzene rings is 2. The predicted octanol–water partition coefficient (Wildman–Crippen LogP) is 2.44. The Morgan fingerprint density at radius 3 is 2.59 bits per heavy atom. The van der Waals surface area contributed by atoms with Gasteiger partial charge in [0.05, 0.1) is 13.7 Å². The SMILES string of the molecule is COc1ccc(OCCCC(=O)OCC(=O)NCc2ccc3c(c2)OCO3)cc1. The van der Waals surface area contributed by atoms with Gasteiger partial charge in [-0.05, 0) is 48.4 Å². The maximum Gasteiger partial charge on any atom is 0.306 e. The Morgan fingerprint density at radius 2 is 1.79 bits per heavy atom. The summed E-state index contributed by atoms with van der Waals surface area (Å²) in [6, 6.07) is 12.6. The summed E-state index contributed by atoms with van der Waals surface area (Å²) in [5.41, 5.74) is 0.865. The van der Waals surface area contributed by atoms with Gasteiger partial charge in [0.25, 0.3) is 5.91 Å². The van der Waals surface area contributed by atoms with Crippen molar-refractivity contribution in [3.05, 3.63) is 48.0 Å². The van der Waals surface area contributed by atoms with E-state index in [9.17, 15) is 9.59 Å². The number of amides is 1. The molecule has 0 saturated carbocycles. The topological polar surface area (TPSA) is 92.3 Å². The predicted molar refractivity (Wildman–Crippen MR) is 103 cm³/mol. The first kappa shape index (κ1) is 20.3. The van der Waals surface area contributed by atoms with Gasteiger partial charge in [0.2, 0.25) is 6.79 Å². The van der Waals surface area contributed by atoms with Crippen LogP contribution >= 0.6 is 0 Å². The lowest BCUT2D eigenvalue weighted by Gasteiger charge is -2.08. The average molecular weight is 401 g/mol. The molecule has 1 aliphatic rings. The summed E-state index contributed by atoms with van der Waals surface area (Å²) >= 11 is 0. The summed E-state index contributed by atoms with van der Waals surface area (Å²) in [7, 11) is 1.60. The number of nitrogens with one attached hydrogen (secondary N) is 1. The molecule has 0 atom stereocenters. The second kappa shape index (κ2) is 10.2. The van der Waals surface area contributed by atoms with E-state index in [0.717, 1.165) is 11.3 Å². The molecule has 2 aromatic carbocycles. The molecule has 0 fully saturated rings. The molecule has 1 aliphatic heterocycles. The monoisotopic (exact) mass is 401 g/mol. The fraction of sp³-hybridized carbons (Fsp3) is 0.333. The van der Waals surface area contributed by atoms with Crippen molar-refractivity contribution < 1.29 is 33.3 Å². The number of esters is 1. The number of carbonyl (C=O) groups is 2. The normalized spacial score (nSPS) is 11.6. The summed E-state index contributed by atoms with van der Waals surface area (Å²) in [4.78, 5) is 23.6. The lowest BCUT2D eigenvalue weighted by molar-refractivity contribution is -0.148. The number of rotatable bonds is 10. The Balaban J connectivity index is 1.27. The first-order valence-electron chi connectivity index (χ1n) is 9.22. The summed E-state index contributed by atoms with van der Waals surface area (Å²) in [5.74, 6) is 1.97. The van der Waals surface area contributed by atoms with Crippen molar-refractivity contribution in [3.8, 4) is 23.0 Å². The Labute approximate surface area is 168 Å². The highest BCUT2D eigenvalue weighted by Crippen LogP contribution is 2.32. The van der Waals surface area contributed by atoms with Gasteiger partial charge in [-0.15, -0.1) is 0 Å². The molecule has 8 heteroatoms. The minimum Gasteiger partial charge on any atom is -0.497 e. The van der Waals surface area contributed by atoms with E-state index in [1.165, 1.54) is 0 Å². The summed E-state index contributed by atoms with van der Waals surface area (Å²) in [6.45, 7) is 0.565. The zero-order valence-corrected chi connectivity index (χ0v) is 16.1. The third-order valence-corrected chi connectivity index (χ3v) is 4.14. The zero-order chi connectivity index (χ0) is 20.5. The zero-order valence-electron chi connectivity index (χ0n) is 16.1. The molecule has 154 valence electrons. The van der Waals surface area contributed by atoms with Crippen molar-refractivity contribution in [2.24, 2.45) is 0 Å². The highest BCUT2D eigenvalue weighted by Gasteiger charge is 2.13. The molecule has 8 nitrogen and oxygen atoms in total. The molecule has 29 heavy (non-hydrogen) atoms. The maximum absolute atomic E-state index is 11.8. The Morgan fingerprint density at radius 1 is 1.03 bits per heavy atom. The Hall–Kier alpha value is -3.42. The smallest absolute Gasteiger partial charge is 0.306 e. The van der Waals surface area contributed by atoms with E-state index in [2.05, 4.69) is 5.32 Å². The van der Waals surface area contributed by atoms with Crippen LogP contribution < -0.4 is 24.3 Å². The molecule has 0 spiro atoms. The maximum atomic E-state index is 11.8. The van der Waals surface area contributed by atoms with Gasteiger partial charge < -0.3 is 29.0 Å². The molecule has 0 aromatic heterocycles. The molecule has 3 rings (SSSR count). The van der Waals surface area contributed by atoms with Gasteiger partial charge in [-0.25, -0.2) is 0 Å². The largest absolute Gasteiger partial charge is 0.497 e. The van der Waals surface area contributed by atoms with Crippen LogP contribution in [0.5, 0.6) is 23.0 Å². The third-order valence-electron chi connectivity index (χ3n) is 4.14. The van der Waals surface area contributed by atoms with Gasteiger partial charge in [0.1, 0.15) is 11.5 Å². The fourth-order valence-electron chi connectivity index (χ4n) is 2.60. The second-order valence-corrected chi connectivity index (χ2v) is 6.25. The second-order valence-electron chi connectivity index (χ2n) is 6.25. The molecular weight excluding hydrogens is 378 g/mol.